The molecule has 1 unspecified atom stereocenters. The topological polar surface area (TPSA) is 59.3 Å². The number of nitrogens with zero attached hydrogens (tertiary/aromatic N) is 3. The van der Waals surface area contributed by atoms with Gasteiger partial charge in [-0.05, 0) is 37.6 Å². The van der Waals surface area contributed by atoms with Crippen molar-refractivity contribution in [3.8, 4) is 0 Å². The summed E-state index contributed by atoms with van der Waals surface area (Å²) in [6.45, 7) is 3.82. The smallest absolute Gasteiger partial charge is 0.272 e. The average molecular weight is 280 g/mol. The molecule has 1 atom stereocenters. The predicted octanol–water partition coefficient (Wildman–Crippen LogP) is 2.53. The van der Waals surface area contributed by atoms with Gasteiger partial charge in [0.15, 0.2) is 0 Å². The molecular formula is C16H16N4O. The summed E-state index contributed by atoms with van der Waals surface area (Å²) in [7, 11) is 0. The van der Waals surface area contributed by atoms with Gasteiger partial charge in [-0.1, -0.05) is 12.1 Å². The fraction of sp³-hybridized carbons (Fsp3) is 0.188. The normalized spacial score (nSPS) is 12.3. The first-order chi connectivity index (χ1) is 10.2. The highest BCUT2D eigenvalue weighted by atomic mass is 16.2. The number of carbonyl (C=O) groups excluding carboxylic acids is 1. The Bertz CT molecular complexity index is 779. The lowest BCUT2D eigenvalue weighted by Gasteiger charge is -2.13. The molecule has 0 aliphatic heterocycles. The molecular weight excluding hydrogens is 264 g/mol. The van der Waals surface area contributed by atoms with E-state index in [9.17, 15) is 4.79 Å². The van der Waals surface area contributed by atoms with Gasteiger partial charge in [0.2, 0.25) is 0 Å². The monoisotopic (exact) mass is 280 g/mol. The van der Waals surface area contributed by atoms with E-state index >= 15 is 0 Å². The standard InChI is InChI=1S/C16H16N4O/c1-11(13-6-5-8-17-10-13)18-16(21)15-12(2)20-9-4-3-7-14(20)19-15/h3-11H,1-2H3,(H,18,21). The molecule has 0 aliphatic rings. The Balaban J connectivity index is 1.86. The van der Waals surface area contributed by atoms with Crippen molar-refractivity contribution in [2.24, 2.45) is 0 Å². The van der Waals surface area contributed by atoms with E-state index in [1.807, 2.05) is 54.8 Å². The molecule has 1 amide bonds. The summed E-state index contributed by atoms with van der Waals surface area (Å²) >= 11 is 0. The second-order valence-corrected chi connectivity index (χ2v) is 4.96. The first kappa shape index (κ1) is 13.3. The molecule has 3 aromatic heterocycles. The third kappa shape index (κ3) is 2.50. The van der Waals surface area contributed by atoms with Crippen LogP contribution in [0.3, 0.4) is 0 Å². The first-order valence-corrected chi connectivity index (χ1v) is 6.81. The van der Waals surface area contributed by atoms with Gasteiger partial charge < -0.3 is 9.72 Å². The minimum Gasteiger partial charge on any atom is -0.344 e. The molecule has 21 heavy (non-hydrogen) atoms. The third-order valence-corrected chi connectivity index (χ3v) is 3.52. The van der Waals surface area contributed by atoms with Crippen molar-refractivity contribution in [3.05, 3.63) is 65.9 Å². The quantitative estimate of drug-likeness (QED) is 0.802. The van der Waals surface area contributed by atoms with Crippen molar-refractivity contribution in [2.75, 3.05) is 0 Å². The van der Waals surface area contributed by atoms with Crippen molar-refractivity contribution >= 4 is 11.6 Å². The summed E-state index contributed by atoms with van der Waals surface area (Å²) in [4.78, 5) is 20.9. The molecule has 0 aromatic carbocycles. The SMILES string of the molecule is Cc1c(C(=O)NC(C)c2cccnc2)nc2ccccn12. The summed E-state index contributed by atoms with van der Waals surface area (Å²) in [5.74, 6) is -0.174. The van der Waals surface area contributed by atoms with Crippen LogP contribution in [0.1, 0.15) is 34.7 Å². The predicted molar refractivity (Wildman–Crippen MR) is 80.0 cm³/mol. The zero-order valence-corrected chi connectivity index (χ0v) is 11.9. The van der Waals surface area contributed by atoms with Gasteiger partial charge in [0.25, 0.3) is 5.91 Å². The van der Waals surface area contributed by atoms with Crippen LogP contribution in [0.15, 0.2) is 48.9 Å². The number of carbonyl (C=O) groups is 1. The number of amides is 1. The largest absolute Gasteiger partial charge is 0.344 e. The van der Waals surface area contributed by atoms with Crippen LogP contribution in [0.2, 0.25) is 0 Å². The second kappa shape index (κ2) is 5.36. The fourth-order valence-electron chi connectivity index (χ4n) is 2.31. The molecule has 0 saturated heterocycles. The Morgan fingerprint density at radius 1 is 1.29 bits per heavy atom. The highest BCUT2D eigenvalue weighted by Gasteiger charge is 2.18. The lowest BCUT2D eigenvalue weighted by Crippen LogP contribution is -2.27. The number of imidazole rings is 1. The summed E-state index contributed by atoms with van der Waals surface area (Å²) in [6, 6.07) is 9.38. The molecule has 1 N–H and O–H groups in total. The van der Waals surface area contributed by atoms with E-state index in [1.165, 1.54) is 0 Å². The fourth-order valence-corrected chi connectivity index (χ4v) is 2.31. The van der Waals surface area contributed by atoms with E-state index in [0.717, 1.165) is 16.9 Å². The van der Waals surface area contributed by atoms with Gasteiger partial charge in [-0.3, -0.25) is 9.78 Å². The molecule has 3 aromatic rings. The van der Waals surface area contributed by atoms with Crippen LogP contribution in [0, 0.1) is 6.92 Å². The Hall–Kier alpha value is -2.69. The molecule has 3 rings (SSSR count). The summed E-state index contributed by atoms with van der Waals surface area (Å²) in [5.41, 5.74) is 3.03. The Morgan fingerprint density at radius 2 is 2.14 bits per heavy atom. The van der Waals surface area contributed by atoms with Crippen LogP contribution in [0.25, 0.3) is 5.65 Å². The van der Waals surface area contributed by atoms with E-state index in [0.29, 0.717) is 5.69 Å². The van der Waals surface area contributed by atoms with Gasteiger partial charge in [0.1, 0.15) is 11.3 Å². The lowest BCUT2D eigenvalue weighted by atomic mass is 10.1. The van der Waals surface area contributed by atoms with Crippen molar-refractivity contribution < 1.29 is 4.79 Å². The summed E-state index contributed by atoms with van der Waals surface area (Å²) < 4.78 is 1.91. The number of nitrogens with one attached hydrogen (secondary N) is 1. The van der Waals surface area contributed by atoms with Crippen LogP contribution in [0.4, 0.5) is 0 Å². The number of aryl methyl sites for hydroxylation is 1. The molecule has 106 valence electrons. The lowest BCUT2D eigenvalue weighted by molar-refractivity contribution is 0.0934. The molecule has 0 saturated carbocycles. The molecule has 0 aliphatic carbocycles. The highest BCUT2D eigenvalue weighted by Crippen LogP contribution is 2.14. The van der Waals surface area contributed by atoms with Crippen molar-refractivity contribution in [2.45, 2.75) is 19.9 Å². The molecule has 0 bridgehead atoms. The third-order valence-electron chi connectivity index (χ3n) is 3.52. The van der Waals surface area contributed by atoms with E-state index < -0.39 is 0 Å². The van der Waals surface area contributed by atoms with Crippen LogP contribution in [-0.2, 0) is 0 Å². The molecule has 0 fully saturated rings. The Labute approximate surface area is 122 Å². The number of rotatable bonds is 3. The zero-order chi connectivity index (χ0) is 14.8. The summed E-state index contributed by atoms with van der Waals surface area (Å²) in [6.07, 6.45) is 5.37. The zero-order valence-electron chi connectivity index (χ0n) is 11.9. The Morgan fingerprint density at radius 3 is 2.86 bits per heavy atom. The van der Waals surface area contributed by atoms with Crippen molar-refractivity contribution in [1.29, 1.82) is 0 Å². The average Bonchev–Trinajstić information content (AvgIpc) is 2.86. The van der Waals surface area contributed by atoms with Crippen molar-refractivity contribution in [1.82, 2.24) is 19.7 Å². The first-order valence-electron chi connectivity index (χ1n) is 6.81. The second-order valence-electron chi connectivity index (χ2n) is 4.96. The maximum absolute atomic E-state index is 12.4. The van der Waals surface area contributed by atoms with Gasteiger partial charge >= 0.3 is 0 Å². The summed E-state index contributed by atoms with van der Waals surface area (Å²) in [5, 5.41) is 2.96. The molecule has 0 spiro atoms. The van der Waals surface area contributed by atoms with Crippen LogP contribution >= 0.6 is 0 Å². The van der Waals surface area contributed by atoms with Gasteiger partial charge in [-0.15, -0.1) is 0 Å². The number of pyridine rings is 2. The molecule has 5 nitrogen and oxygen atoms in total. The Kier molecular flexibility index (Phi) is 3.39. The van der Waals surface area contributed by atoms with Gasteiger partial charge in [0, 0.05) is 18.6 Å². The van der Waals surface area contributed by atoms with E-state index in [1.54, 1.807) is 12.4 Å². The van der Waals surface area contributed by atoms with E-state index in [-0.39, 0.29) is 11.9 Å². The van der Waals surface area contributed by atoms with Gasteiger partial charge in [-0.25, -0.2) is 4.98 Å². The van der Waals surface area contributed by atoms with Gasteiger partial charge in [-0.2, -0.15) is 0 Å². The number of fused-ring (bicyclic) bond motifs is 1. The minimum absolute atomic E-state index is 0.115. The van der Waals surface area contributed by atoms with Crippen LogP contribution in [-0.4, -0.2) is 20.3 Å². The number of hydrogen-bond acceptors (Lipinski definition) is 3. The highest BCUT2D eigenvalue weighted by molar-refractivity contribution is 5.94. The van der Waals surface area contributed by atoms with E-state index in [4.69, 9.17) is 0 Å². The maximum atomic E-state index is 12.4. The molecule has 5 heteroatoms. The number of aromatic nitrogens is 3. The minimum atomic E-state index is -0.174. The van der Waals surface area contributed by atoms with Crippen LogP contribution in [0.5, 0.6) is 0 Å². The van der Waals surface area contributed by atoms with Crippen molar-refractivity contribution in [3.63, 3.8) is 0 Å². The molecule has 3 heterocycles. The van der Waals surface area contributed by atoms with Crippen LogP contribution < -0.4 is 5.32 Å². The number of hydrogen-bond donors (Lipinski definition) is 1. The van der Waals surface area contributed by atoms with E-state index in [2.05, 4.69) is 15.3 Å². The van der Waals surface area contributed by atoms with Gasteiger partial charge in [0.05, 0.1) is 11.7 Å². The maximum Gasteiger partial charge on any atom is 0.272 e. The molecule has 0 radical (unpaired) electrons.